The van der Waals surface area contributed by atoms with Crippen molar-refractivity contribution in [3.8, 4) is 0 Å². The summed E-state index contributed by atoms with van der Waals surface area (Å²) in [5.41, 5.74) is 7.70. The van der Waals surface area contributed by atoms with Gasteiger partial charge in [-0.05, 0) is 24.3 Å². The Hall–Kier alpha value is -3.68. The Morgan fingerprint density at radius 1 is 0.821 bits per heavy atom. The second kappa shape index (κ2) is 7.91. The van der Waals surface area contributed by atoms with Crippen LogP contribution < -0.4 is 20.9 Å². The van der Waals surface area contributed by atoms with Crippen LogP contribution >= 0.6 is 0 Å². The predicted octanol–water partition coefficient (Wildman–Crippen LogP) is 2.03. The zero-order valence-corrected chi connectivity index (χ0v) is 15.3. The molecule has 3 aromatic rings. The van der Waals surface area contributed by atoms with Crippen LogP contribution in [-0.4, -0.2) is 47.0 Å². The number of nitrogen functional groups attached to an aromatic ring is 1. The van der Waals surface area contributed by atoms with Crippen LogP contribution in [0.3, 0.4) is 0 Å². The SMILES string of the molecule is Nc1nc(C(=O)Nc2ccccc2)nc(N2CCN(c3ccccc3)CC2)n1. The highest BCUT2D eigenvalue weighted by Gasteiger charge is 2.22. The Balaban J connectivity index is 1.46. The molecular formula is C20H21N7O. The number of nitrogens with zero attached hydrogens (tertiary/aromatic N) is 5. The minimum atomic E-state index is -0.413. The van der Waals surface area contributed by atoms with Crippen molar-refractivity contribution in [2.24, 2.45) is 0 Å². The van der Waals surface area contributed by atoms with Gasteiger partial charge in [-0.3, -0.25) is 4.79 Å². The maximum atomic E-state index is 12.5. The first-order chi connectivity index (χ1) is 13.7. The van der Waals surface area contributed by atoms with E-state index in [0.717, 1.165) is 26.2 Å². The molecule has 8 heteroatoms. The number of carbonyl (C=O) groups excluding carboxylic acids is 1. The lowest BCUT2D eigenvalue weighted by Gasteiger charge is -2.36. The van der Waals surface area contributed by atoms with E-state index < -0.39 is 5.91 Å². The average molecular weight is 375 g/mol. The fourth-order valence-corrected chi connectivity index (χ4v) is 3.14. The summed E-state index contributed by atoms with van der Waals surface area (Å²) in [7, 11) is 0. The number of rotatable bonds is 4. The molecule has 4 rings (SSSR count). The van der Waals surface area contributed by atoms with E-state index in [-0.39, 0.29) is 11.8 Å². The minimum Gasteiger partial charge on any atom is -0.368 e. The molecule has 2 heterocycles. The number of benzene rings is 2. The van der Waals surface area contributed by atoms with E-state index in [1.54, 1.807) is 12.1 Å². The van der Waals surface area contributed by atoms with Gasteiger partial charge in [0.2, 0.25) is 17.7 Å². The Kier molecular flexibility index (Phi) is 5.01. The Morgan fingerprint density at radius 2 is 1.43 bits per heavy atom. The molecule has 0 radical (unpaired) electrons. The third kappa shape index (κ3) is 4.01. The maximum absolute atomic E-state index is 12.5. The fraction of sp³-hybridized carbons (Fsp3) is 0.200. The van der Waals surface area contributed by atoms with E-state index in [9.17, 15) is 4.79 Å². The topological polar surface area (TPSA) is 100 Å². The van der Waals surface area contributed by atoms with Crippen molar-refractivity contribution >= 4 is 29.2 Å². The second-order valence-electron chi connectivity index (χ2n) is 6.45. The number of amides is 1. The van der Waals surface area contributed by atoms with Gasteiger partial charge in [0.25, 0.3) is 5.91 Å². The zero-order valence-electron chi connectivity index (χ0n) is 15.3. The van der Waals surface area contributed by atoms with Crippen LogP contribution in [-0.2, 0) is 0 Å². The van der Waals surface area contributed by atoms with Crippen LogP contribution in [0.1, 0.15) is 10.6 Å². The Morgan fingerprint density at radius 3 is 2.11 bits per heavy atom. The summed E-state index contributed by atoms with van der Waals surface area (Å²) in [6, 6.07) is 19.4. The molecule has 2 aromatic carbocycles. The first-order valence-electron chi connectivity index (χ1n) is 9.12. The summed E-state index contributed by atoms with van der Waals surface area (Å²) < 4.78 is 0. The van der Waals surface area contributed by atoms with Gasteiger partial charge < -0.3 is 20.9 Å². The summed E-state index contributed by atoms with van der Waals surface area (Å²) in [6.45, 7) is 3.14. The first-order valence-corrected chi connectivity index (χ1v) is 9.12. The lowest BCUT2D eigenvalue weighted by molar-refractivity contribution is 0.101. The third-order valence-electron chi connectivity index (χ3n) is 4.56. The monoisotopic (exact) mass is 375 g/mol. The van der Waals surface area contributed by atoms with Crippen molar-refractivity contribution in [1.82, 2.24) is 15.0 Å². The number of hydrogen-bond donors (Lipinski definition) is 2. The molecule has 1 amide bonds. The van der Waals surface area contributed by atoms with Gasteiger partial charge in [-0.15, -0.1) is 0 Å². The van der Waals surface area contributed by atoms with E-state index in [4.69, 9.17) is 5.73 Å². The molecule has 0 unspecified atom stereocenters. The number of para-hydroxylation sites is 2. The number of carbonyl (C=O) groups is 1. The van der Waals surface area contributed by atoms with Gasteiger partial charge >= 0.3 is 0 Å². The van der Waals surface area contributed by atoms with Gasteiger partial charge in [-0.1, -0.05) is 36.4 Å². The van der Waals surface area contributed by atoms with Crippen LogP contribution in [0.2, 0.25) is 0 Å². The molecule has 0 aliphatic carbocycles. The highest BCUT2D eigenvalue weighted by atomic mass is 16.2. The summed E-state index contributed by atoms with van der Waals surface area (Å²) in [4.78, 5) is 29.4. The quantitative estimate of drug-likeness (QED) is 0.720. The number of nitrogens with two attached hydrogens (primary N) is 1. The molecule has 3 N–H and O–H groups in total. The smallest absolute Gasteiger partial charge is 0.293 e. The molecule has 0 saturated carbocycles. The van der Waals surface area contributed by atoms with E-state index in [0.29, 0.717) is 11.6 Å². The molecule has 28 heavy (non-hydrogen) atoms. The van der Waals surface area contributed by atoms with Gasteiger partial charge in [-0.25, -0.2) is 0 Å². The van der Waals surface area contributed by atoms with Gasteiger partial charge in [0.15, 0.2) is 0 Å². The van der Waals surface area contributed by atoms with Crippen LogP contribution in [0.25, 0.3) is 0 Å². The highest BCUT2D eigenvalue weighted by Crippen LogP contribution is 2.18. The minimum absolute atomic E-state index is 0.0110. The van der Waals surface area contributed by atoms with Gasteiger partial charge in [0, 0.05) is 37.6 Å². The standard InChI is InChI=1S/C20H21N7O/c21-19-23-17(18(28)22-15-7-3-1-4-8-15)24-20(25-19)27-13-11-26(12-14-27)16-9-5-2-6-10-16/h1-10H,11-14H2,(H,22,28)(H2,21,23,24,25). The lowest BCUT2D eigenvalue weighted by Crippen LogP contribution is -2.47. The van der Waals surface area contributed by atoms with Crippen molar-refractivity contribution < 1.29 is 4.79 Å². The Bertz CT molecular complexity index is 941. The molecule has 1 aliphatic heterocycles. The third-order valence-corrected chi connectivity index (χ3v) is 4.56. The number of anilines is 4. The summed E-state index contributed by atoms with van der Waals surface area (Å²) in [5, 5.41) is 2.77. The lowest BCUT2D eigenvalue weighted by atomic mass is 10.2. The molecule has 142 valence electrons. The van der Waals surface area contributed by atoms with Crippen LogP contribution in [0.15, 0.2) is 60.7 Å². The van der Waals surface area contributed by atoms with Gasteiger partial charge in [0.1, 0.15) is 0 Å². The molecule has 8 nitrogen and oxygen atoms in total. The van der Waals surface area contributed by atoms with Crippen molar-refractivity contribution in [2.45, 2.75) is 0 Å². The zero-order chi connectivity index (χ0) is 19.3. The summed E-state index contributed by atoms with van der Waals surface area (Å²) >= 11 is 0. The number of hydrogen-bond acceptors (Lipinski definition) is 7. The van der Waals surface area contributed by atoms with Crippen LogP contribution in [0.4, 0.5) is 23.3 Å². The summed E-state index contributed by atoms with van der Waals surface area (Å²) in [6.07, 6.45) is 0. The number of aromatic nitrogens is 3. The maximum Gasteiger partial charge on any atom is 0.293 e. The van der Waals surface area contributed by atoms with E-state index >= 15 is 0 Å². The van der Waals surface area contributed by atoms with Crippen molar-refractivity contribution in [1.29, 1.82) is 0 Å². The number of piperazine rings is 1. The van der Waals surface area contributed by atoms with Crippen molar-refractivity contribution in [2.75, 3.05) is 47.0 Å². The van der Waals surface area contributed by atoms with Gasteiger partial charge in [-0.2, -0.15) is 15.0 Å². The van der Waals surface area contributed by atoms with E-state index in [1.165, 1.54) is 5.69 Å². The van der Waals surface area contributed by atoms with E-state index in [1.807, 2.05) is 41.3 Å². The molecule has 1 saturated heterocycles. The molecule has 0 spiro atoms. The molecule has 1 aliphatic rings. The van der Waals surface area contributed by atoms with Crippen molar-refractivity contribution in [3.05, 3.63) is 66.5 Å². The predicted molar refractivity (Wildman–Crippen MR) is 110 cm³/mol. The fourth-order valence-electron chi connectivity index (χ4n) is 3.14. The first kappa shape index (κ1) is 17.7. The number of nitrogens with one attached hydrogen (secondary N) is 1. The van der Waals surface area contributed by atoms with Crippen molar-refractivity contribution in [3.63, 3.8) is 0 Å². The second-order valence-corrected chi connectivity index (χ2v) is 6.45. The molecule has 0 bridgehead atoms. The normalized spacial score (nSPS) is 14.0. The Labute approximate surface area is 163 Å². The summed E-state index contributed by atoms with van der Waals surface area (Å²) in [5.74, 6) is 0.0634. The van der Waals surface area contributed by atoms with E-state index in [2.05, 4.69) is 37.3 Å². The van der Waals surface area contributed by atoms with Crippen LogP contribution in [0.5, 0.6) is 0 Å². The molecule has 0 atom stereocenters. The highest BCUT2D eigenvalue weighted by molar-refractivity contribution is 6.01. The van der Waals surface area contributed by atoms with Crippen LogP contribution in [0, 0.1) is 0 Å². The molecule has 1 aromatic heterocycles. The average Bonchev–Trinajstić information content (AvgIpc) is 2.75. The largest absolute Gasteiger partial charge is 0.368 e. The molecule has 1 fully saturated rings. The molecular weight excluding hydrogens is 354 g/mol. The van der Waals surface area contributed by atoms with Gasteiger partial charge in [0.05, 0.1) is 0 Å².